The standard InChI is InChI=1S/C26H34O4Si/c1-6-29-25(28)20-19-22(27)18-17-21(2)30-31(26(3,4)5,23-13-9-7-10-14-23)24-15-11-8-12-16-24/h7-16,21-22,27H,6,17-18H2,1-5H3/t21-,22?/m0/s1. The van der Waals surface area contributed by atoms with Crippen LogP contribution in [0.5, 0.6) is 0 Å². The molecule has 31 heavy (non-hydrogen) atoms. The quantitative estimate of drug-likeness (QED) is 0.296. The maximum absolute atomic E-state index is 11.4. The summed E-state index contributed by atoms with van der Waals surface area (Å²) in [6, 6.07) is 21.0. The van der Waals surface area contributed by atoms with E-state index in [4.69, 9.17) is 9.16 Å². The van der Waals surface area contributed by atoms with Crippen LogP contribution < -0.4 is 10.4 Å². The third-order valence-corrected chi connectivity index (χ3v) is 10.4. The molecule has 0 fully saturated rings. The summed E-state index contributed by atoms with van der Waals surface area (Å²) in [5.41, 5.74) is 0. The van der Waals surface area contributed by atoms with Crippen LogP contribution in [-0.2, 0) is 14.0 Å². The lowest BCUT2D eigenvalue weighted by Crippen LogP contribution is -2.67. The molecule has 4 nitrogen and oxygen atoms in total. The van der Waals surface area contributed by atoms with E-state index in [1.165, 1.54) is 10.4 Å². The molecule has 0 aliphatic rings. The van der Waals surface area contributed by atoms with E-state index >= 15 is 0 Å². The predicted octanol–water partition coefficient (Wildman–Crippen LogP) is 3.66. The third kappa shape index (κ3) is 6.54. The van der Waals surface area contributed by atoms with E-state index in [0.717, 1.165) is 0 Å². The van der Waals surface area contributed by atoms with E-state index < -0.39 is 20.4 Å². The zero-order chi connectivity index (χ0) is 22.9. The molecule has 1 N–H and O–H groups in total. The van der Waals surface area contributed by atoms with Crippen molar-refractivity contribution in [2.75, 3.05) is 6.61 Å². The minimum atomic E-state index is -2.62. The van der Waals surface area contributed by atoms with Gasteiger partial charge in [0.05, 0.1) is 6.61 Å². The molecule has 0 saturated carbocycles. The summed E-state index contributed by atoms with van der Waals surface area (Å²) in [4.78, 5) is 11.4. The van der Waals surface area contributed by atoms with E-state index in [2.05, 4.69) is 81.1 Å². The molecule has 0 aliphatic heterocycles. The zero-order valence-electron chi connectivity index (χ0n) is 19.2. The van der Waals surface area contributed by atoms with Crippen LogP contribution in [0.15, 0.2) is 60.7 Å². The molecule has 2 rings (SSSR count). The normalized spacial score (nSPS) is 13.6. The van der Waals surface area contributed by atoms with Crippen LogP contribution in [0.3, 0.4) is 0 Å². The summed E-state index contributed by atoms with van der Waals surface area (Å²) in [5, 5.41) is 12.5. The van der Waals surface area contributed by atoms with Crippen molar-refractivity contribution in [1.29, 1.82) is 0 Å². The third-order valence-electron chi connectivity index (χ3n) is 5.26. The Morgan fingerprint density at radius 2 is 1.52 bits per heavy atom. The highest BCUT2D eigenvalue weighted by atomic mass is 28.4. The van der Waals surface area contributed by atoms with Crippen molar-refractivity contribution in [3.8, 4) is 11.8 Å². The van der Waals surface area contributed by atoms with Crippen molar-refractivity contribution in [3.05, 3.63) is 60.7 Å². The van der Waals surface area contributed by atoms with Crippen LogP contribution in [0, 0.1) is 11.8 Å². The molecule has 5 heteroatoms. The monoisotopic (exact) mass is 438 g/mol. The molecule has 0 aliphatic carbocycles. The number of aliphatic hydroxyl groups is 1. The Morgan fingerprint density at radius 3 is 1.97 bits per heavy atom. The lowest BCUT2D eigenvalue weighted by atomic mass is 10.1. The van der Waals surface area contributed by atoms with Gasteiger partial charge in [0.2, 0.25) is 0 Å². The Bertz CT molecular complexity index is 839. The van der Waals surface area contributed by atoms with Crippen molar-refractivity contribution >= 4 is 24.7 Å². The smallest absolute Gasteiger partial charge is 0.384 e. The molecule has 0 amide bonds. The van der Waals surface area contributed by atoms with Gasteiger partial charge in [0, 0.05) is 12.0 Å². The van der Waals surface area contributed by atoms with Crippen LogP contribution in [-0.4, -0.2) is 38.2 Å². The Hall–Kier alpha value is -2.39. The molecule has 0 bridgehead atoms. The number of aliphatic hydroxyl groups excluding tert-OH is 1. The zero-order valence-corrected chi connectivity index (χ0v) is 20.2. The van der Waals surface area contributed by atoms with Crippen LogP contribution in [0.1, 0.15) is 47.5 Å². The number of ether oxygens (including phenoxy) is 1. The van der Waals surface area contributed by atoms with Crippen LogP contribution in [0.2, 0.25) is 5.04 Å². The number of rotatable bonds is 8. The average Bonchev–Trinajstić information content (AvgIpc) is 2.75. The van der Waals surface area contributed by atoms with Gasteiger partial charge in [0.1, 0.15) is 6.10 Å². The van der Waals surface area contributed by atoms with E-state index in [0.29, 0.717) is 12.8 Å². The number of carbonyl (C=O) groups excluding carboxylic acids is 1. The first-order valence-corrected chi connectivity index (χ1v) is 12.8. The van der Waals surface area contributed by atoms with Gasteiger partial charge >= 0.3 is 5.97 Å². The number of hydrogen-bond acceptors (Lipinski definition) is 4. The number of hydrogen-bond donors (Lipinski definition) is 1. The highest BCUT2D eigenvalue weighted by Gasteiger charge is 2.50. The minimum Gasteiger partial charge on any atom is -0.456 e. The highest BCUT2D eigenvalue weighted by molar-refractivity contribution is 6.99. The molecule has 2 aromatic rings. The van der Waals surface area contributed by atoms with Crippen molar-refractivity contribution in [2.24, 2.45) is 0 Å². The lowest BCUT2D eigenvalue weighted by molar-refractivity contribution is -0.136. The summed E-state index contributed by atoms with van der Waals surface area (Å²) < 4.78 is 11.8. The summed E-state index contributed by atoms with van der Waals surface area (Å²) in [6.07, 6.45) is 0.0644. The van der Waals surface area contributed by atoms with Crippen molar-refractivity contribution in [1.82, 2.24) is 0 Å². The van der Waals surface area contributed by atoms with Crippen LogP contribution in [0.25, 0.3) is 0 Å². The molecule has 2 atom stereocenters. The first kappa shape index (κ1) is 24.9. The van der Waals surface area contributed by atoms with Gasteiger partial charge in [0.25, 0.3) is 8.32 Å². The fraction of sp³-hybridized carbons (Fsp3) is 0.423. The highest BCUT2D eigenvalue weighted by Crippen LogP contribution is 2.37. The maximum atomic E-state index is 11.4. The van der Waals surface area contributed by atoms with Gasteiger partial charge in [-0.15, -0.1) is 0 Å². The topological polar surface area (TPSA) is 55.8 Å². The Kier molecular flexibility index (Phi) is 9.06. The van der Waals surface area contributed by atoms with E-state index in [-0.39, 0.29) is 17.7 Å². The van der Waals surface area contributed by atoms with E-state index in [1.807, 2.05) is 19.1 Å². The molecular weight excluding hydrogens is 404 g/mol. The van der Waals surface area contributed by atoms with Crippen molar-refractivity contribution in [2.45, 2.75) is 64.7 Å². The Labute approximate surface area is 187 Å². The molecule has 0 aromatic heterocycles. The number of carbonyl (C=O) groups is 1. The molecule has 1 unspecified atom stereocenters. The molecule has 0 saturated heterocycles. The molecule has 0 spiro atoms. The van der Waals surface area contributed by atoms with E-state index in [1.54, 1.807) is 6.92 Å². The Balaban J connectivity index is 2.27. The fourth-order valence-corrected chi connectivity index (χ4v) is 8.56. The second kappa shape index (κ2) is 11.3. The summed E-state index contributed by atoms with van der Waals surface area (Å²) in [7, 11) is -2.62. The number of esters is 1. The second-order valence-corrected chi connectivity index (χ2v) is 12.9. The van der Waals surface area contributed by atoms with Gasteiger partial charge in [0.15, 0.2) is 0 Å². The first-order valence-electron chi connectivity index (χ1n) is 10.9. The van der Waals surface area contributed by atoms with E-state index in [9.17, 15) is 9.90 Å². The van der Waals surface area contributed by atoms with Gasteiger partial charge in [-0.2, -0.15) is 0 Å². The molecule has 0 radical (unpaired) electrons. The number of benzene rings is 2. The summed E-state index contributed by atoms with van der Waals surface area (Å²) in [6.45, 7) is 10.8. The predicted molar refractivity (Wildman–Crippen MR) is 128 cm³/mol. The first-order chi connectivity index (χ1) is 14.7. The van der Waals surface area contributed by atoms with Gasteiger partial charge in [-0.05, 0) is 42.1 Å². The second-order valence-electron chi connectivity index (χ2n) is 8.67. The largest absolute Gasteiger partial charge is 0.456 e. The van der Waals surface area contributed by atoms with Gasteiger partial charge in [-0.3, -0.25) is 0 Å². The van der Waals surface area contributed by atoms with Crippen LogP contribution in [0.4, 0.5) is 0 Å². The van der Waals surface area contributed by atoms with Gasteiger partial charge in [-0.1, -0.05) is 87.4 Å². The molecule has 2 aromatic carbocycles. The minimum absolute atomic E-state index is 0.0923. The summed E-state index contributed by atoms with van der Waals surface area (Å²) >= 11 is 0. The lowest BCUT2D eigenvalue weighted by Gasteiger charge is -2.44. The fourth-order valence-electron chi connectivity index (χ4n) is 3.83. The molecule has 166 valence electrons. The Morgan fingerprint density at radius 1 is 1.00 bits per heavy atom. The molecular formula is C26H34O4Si. The van der Waals surface area contributed by atoms with Gasteiger partial charge < -0.3 is 14.3 Å². The van der Waals surface area contributed by atoms with Gasteiger partial charge in [-0.25, -0.2) is 4.79 Å². The van der Waals surface area contributed by atoms with Crippen molar-refractivity contribution in [3.63, 3.8) is 0 Å². The van der Waals surface area contributed by atoms with Crippen LogP contribution >= 0.6 is 0 Å². The average molecular weight is 439 g/mol. The SMILES string of the molecule is CCOC(=O)C#CC(O)CC[C@H](C)O[Si](c1ccccc1)(c1ccccc1)C(C)(C)C. The molecule has 0 heterocycles. The van der Waals surface area contributed by atoms with Crippen molar-refractivity contribution < 1.29 is 19.1 Å². The summed E-state index contributed by atoms with van der Waals surface area (Å²) in [5.74, 6) is 4.29. The maximum Gasteiger partial charge on any atom is 0.384 e.